The van der Waals surface area contributed by atoms with Gasteiger partial charge in [-0.3, -0.25) is 9.59 Å². The van der Waals surface area contributed by atoms with Crippen LogP contribution in [0.15, 0.2) is 24.4 Å². The van der Waals surface area contributed by atoms with Crippen LogP contribution in [-0.2, 0) is 104 Å². The van der Waals surface area contributed by atoms with Crippen LogP contribution < -0.4 is 0 Å². The molecule has 0 aliphatic heterocycles. The number of rotatable bonds is 41. The third-order valence-corrected chi connectivity index (χ3v) is 8.65. The maximum atomic E-state index is 16.8. The molecule has 0 spiro atoms. The molecule has 390 valence electrons. The number of esters is 3. The fourth-order valence-electron chi connectivity index (χ4n) is 6.80. The zero-order chi connectivity index (χ0) is 51.4. The highest BCUT2D eigenvalue weighted by molar-refractivity contribution is 6.07. The van der Waals surface area contributed by atoms with Crippen molar-refractivity contribution < 1.29 is 104 Å². The zero-order valence-electron chi connectivity index (χ0n) is 42.4. The molecule has 0 aliphatic carbocycles. The van der Waals surface area contributed by atoms with E-state index in [9.17, 15) is 9.59 Å². The van der Waals surface area contributed by atoms with E-state index in [1.165, 1.54) is 69.2 Å². The van der Waals surface area contributed by atoms with Gasteiger partial charge in [-0.2, -0.15) is 0 Å². The molecule has 0 saturated carbocycles. The van der Waals surface area contributed by atoms with Gasteiger partial charge in [-0.1, -0.05) is 6.58 Å². The fraction of sp³-hybridized carbons (Fsp3) is 0.800. The number of ketones is 2. The summed E-state index contributed by atoms with van der Waals surface area (Å²) in [6, 6.07) is 0. The lowest BCUT2D eigenvalue weighted by molar-refractivity contribution is -0.486. The molecule has 0 aromatic rings. The van der Waals surface area contributed by atoms with E-state index in [1.807, 2.05) is 0 Å². The van der Waals surface area contributed by atoms with Crippen molar-refractivity contribution in [3.8, 4) is 0 Å². The quantitative estimate of drug-likeness (QED) is 0.0263. The summed E-state index contributed by atoms with van der Waals surface area (Å²) in [6.45, 7) is 19.9. The second-order valence-corrected chi connectivity index (χ2v) is 12.7. The second-order valence-electron chi connectivity index (χ2n) is 12.7. The summed E-state index contributed by atoms with van der Waals surface area (Å²) in [6.07, 6.45) is 0.664. The Labute approximate surface area is 395 Å². The Hall–Kier alpha value is -3.81. The first kappa shape index (κ1) is 63.2. The summed E-state index contributed by atoms with van der Waals surface area (Å²) in [5.74, 6) is -29.3. The van der Waals surface area contributed by atoms with E-state index in [-0.39, 0.29) is 59.5 Å². The summed E-state index contributed by atoms with van der Waals surface area (Å²) in [5, 5.41) is 0. The summed E-state index contributed by atoms with van der Waals surface area (Å²) < 4.78 is 103. The van der Waals surface area contributed by atoms with Crippen LogP contribution in [0.5, 0.6) is 0 Å². The molecule has 22 nitrogen and oxygen atoms in total. The predicted octanol–water partition coefficient (Wildman–Crippen LogP) is 4.78. The molecule has 0 bridgehead atoms. The number of Topliss-reactive ketones (excluding diaryl/α,β-unsaturated/α-hetero) is 2. The highest BCUT2D eigenvalue weighted by atomic mass is 16.9. The van der Waals surface area contributed by atoms with Crippen LogP contribution in [0.1, 0.15) is 104 Å². The van der Waals surface area contributed by atoms with Crippen molar-refractivity contribution in [1.82, 2.24) is 0 Å². The van der Waals surface area contributed by atoms with Crippen LogP contribution in [0.25, 0.3) is 0 Å². The van der Waals surface area contributed by atoms with Gasteiger partial charge in [0.2, 0.25) is 0 Å². The Bertz CT molecular complexity index is 1510. The van der Waals surface area contributed by atoms with Gasteiger partial charge >= 0.3 is 58.8 Å². The molecule has 67 heavy (non-hydrogen) atoms. The first-order valence-electron chi connectivity index (χ1n) is 23.0. The molecule has 0 rings (SSSR count). The second kappa shape index (κ2) is 31.3. The monoisotopic (exact) mass is 970 g/mol. The van der Waals surface area contributed by atoms with Gasteiger partial charge in [-0.15, -0.1) is 0 Å². The molecule has 0 aliphatic rings. The maximum absolute atomic E-state index is 16.8. The highest BCUT2D eigenvalue weighted by Gasteiger charge is 2.84. The van der Waals surface area contributed by atoms with Gasteiger partial charge in [0.05, 0.1) is 26.4 Å². The first-order valence-corrected chi connectivity index (χ1v) is 23.0. The highest BCUT2D eigenvalue weighted by Crippen LogP contribution is 2.49. The standard InChI is InChI=1S/C45H78O22/c1-17-33(46)66-44(62-29-13,39(50)54-21-5)41(57-24-8,58-25-9)37(48)40(55-22-6,56-23-7)42(59-26-10,67-35(47)34(51-18-2)36(52-19-3)53-20-4)38(49)43(60-27-11,61-28-12)45(63-30-14,64-31-15)65-32-16/h17H,1,18-32H2,2-16H3. The lowest BCUT2D eigenvalue weighted by Crippen LogP contribution is -2.82. The van der Waals surface area contributed by atoms with Crippen LogP contribution >= 0.6 is 0 Å². The number of hydrogen-bond acceptors (Lipinski definition) is 22. The molecular formula is C45H78O22. The van der Waals surface area contributed by atoms with Gasteiger partial charge in [-0.05, 0) is 104 Å². The summed E-state index contributed by atoms with van der Waals surface area (Å²) >= 11 is 0. The van der Waals surface area contributed by atoms with Crippen molar-refractivity contribution in [2.75, 3.05) is 99.1 Å². The van der Waals surface area contributed by atoms with E-state index in [2.05, 4.69) is 6.58 Å². The molecule has 0 amide bonds. The molecule has 0 aromatic heterocycles. The molecule has 22 heteroatoms. The minimum atomic E-state index is -3.77. The summed E-state index contributed by atoms with van der Waals surface area (Å²) in [4.78, 5) is 76.8. The van der Waals surface area contributed by atoms with Crippen molar-refractivity contribution in [1.29, 1.82) is 0 Å². The molecule has 0 saturated heterocycles. The van der Waals surface area contributed by atoms with Crippen molar-refractivity contribution in [2.45, 2.75) is 139 Å². The van der Waals surface area contributed by atoms with E-state index in [4.69, 9.17) is 80.5 Å². The Balaban J connectivity index is 10.4. The van der Waals surface area contributed by atoms with Gasteiger partial charge in [0, 0.05) is 78.8 Å². The van der Waals surface area contributed by atoms with E-state index >= 15 is 14.4 Å². The molecule has 0 aromatic carbocycles. The Kier molecular flexibility index (Phi) is 29.6. The predicted molar refractivity (Wildman–Crippen MR) is 235 cm³/mol. The minimum Gasteiger partial charge on any atom is -0.482 e. The lowest BCUT2D eigenvalue weighted by atomic mass is 9.83. The third-order valence-electron chi connectivity index (χ3n) is 8.65. The smallest absolute Gasteiger partial charge is 0.386 e. The largest absolute Gasteiger partial charge is 0.482 e. The van der Waals surface area contributed by atoms with Crippen LogP contribution in [-0.4, -0.2) is 163 Å². The van der Waals surface area contributed by atoms with E-state index in [0.717, 1.165) is 0 Å². The topological polar surface area (TPSA) is 242 Å². The summed E-state index contributed by atoms with van der Waals surface area (Å²) in [5.41, 5.74) is 0. The molecule has 0 radical (unpaired) electrons. The van der Waals surface area contributed by atoms with E-state index in [1.54, 1.807) is 34.6 Å². The van der Waals surface area contributed by atoms with Crippen LogP contribution in [0.4, 0.5) is 0 Å². The van der Waals surface area contributed by atoms with Crippen molar-refractivity contribution in [2.24, 2.45) is 0 Å². The number of carbonyl (C=O) groups excluding carboxylic acids is 5. The van der Waals surface area contributed by atoms with Gasteiger partial charge in [0.15, 0.2) is 0 Å². The molecular weight excluding hydrogens is 892 g/mol. The molecule has 2 unspecified atom stereocenters. The lowest BCUT2D eigenvalue weighted by Gasteiger charge is -2.53. The van der Waals surface area contributed by atoms with Crippen molar-refractivity contribution in [3.05, 3.63) is 24.4 Å². The molecule has 2 atom stereocenters. The maximum Gasteiger partial charge on any atom is 0.386 e. The normalized spacial score (nSPS) is 14.0. The Morgan fingerprint density at radius 1 is 0.358 bits per heavy atom. The van der Waals surface area contributed by atoms with Gasteiger partial charge in [-0.25, -0.2) is 14.4 Å². The molecule has 0 heterocycles. The third kappa shape index (κ3) is 13.5. The SMILES string of the molecule is C=CC(=O)OC(OCC)(C(=O)OCC)C(OCC)(OCC)C(=O)C(OCC)(OCC)C(OCC)(OC(=O)C(OCC)=C(OCC)OCC)C(=O)C(OCC)(OCC)C(OCC)(OCC)OCC. The minimum absolute atomic E-state index is 0.0611. The van der Waals surface area contributed by atoms with Crippen LogP contribution in [0, 0.1) is 0 Å². The zero-order valence-corrected chi connectivity index (χ0v) is 42.4. The number of hydrogen-bond donors (Lipinski definition) is 0. The fourth-order valence-corrected chi connectivity index (χ4v) is 6.80. The average Bonchev–Trinajstić information content (AvgIpc) is 3.29. The van der Waals surface area contributed by atoms with Gasteiger partial charge < -0.3 is 80.5 Å². The Morgan fingerprint density at radius 3 is 1.01 bits per heavy atom. The number of carbonyl (C=O) groups is 5. The summed E-state index contributed by atoms with van der Waals surface area (Å²) in [7, 11) is 0. The number of ether oxygens (including phenoxy) is 17. The molecule has 0 N–H and O–H groups in total. The van der Waals surface area contributed by atoms with E-state index < -0.39 is 116 Å². The Morgan fingerprint density at radius 2 is 0.672 bits per heavy atom. The first-order chi connectivity index (χ1) is 32.0. The van der Waals surface area contributed by atoms with E-state index in [0.29, 0.717) is 6.08 Å². The average molecular weight is 971 g/mol. The van der Waals surface area contributed by atoms with Crippen molar-refractivity contribution in [3.63, 3.8) is 0 Å². The van der Waals surface area contributed by atoms with Gasteiger partial charge in [0.1, 0.15) is 0 Å². The van der Waals surface area contributed by atoms with Crippen molar-refractivity contribution >= 4 is 29.5 Å². The van der Waals surface area contributed by atoms with Crippen LogP contribution in [0.3, 0.4) is 0 Å². The van der Waals surface area contributed by atoms with Gasteiger partial charge in [0.25, 0.3) is 17.3 Å². The molecule has 0 fully saturated rings. The van der Waals surface area contributed by atoms with Crippen LogP contribution in [0.2, 0.25) is 0 Å².